The smallest absolute Gasteiger partial charge is 0.326 e. The highest BCUT2D eigenvalue weighted by Gasteiger charge is 2.36. The van der Waals surface area contributed by atoms with Crippen LogP contribution < -0.4 is 60.2 Å². The molecule has 0 spiro atoms. The first-order valence-electron chi connectivity index (χ1n) is 21.9. The van der Waals surface area contributed by atoms with E-state index >= 15 is 0 Å². The number of carbonyl (C=O) groups excluding carboxylic acids is 9. The normalized spacial score (nSPS) is 15.3. The lowest BCUT2D eigenvalue weighted by Crippen LogP contribution is -2.61. The molecule has 25 heteroatoms. The number of primary amides is 2. The van der Waals surface area contributed by atoms with Crippen LogP contribution in [0.3, 0.4) is 0 Å². The van der Waals surface area contributed by atoms with Gasteiger partial charge in [-0.05, 0) is 56.4 Å². The van der Waals surface area contributed by atoms with Crippen molar-refractivity contribution in [3.8, 4) is 0 Å². The predicted octanol–water partition coefficient (Wildman–Crippen LogP) is -4.23. The van der Waals surface area contributed by atoms with Gasteiger partial charge in [0.2, 0.25) is 53.2 Å². The second kappa shape index (κ2) is 29.4. The Morgan fingerprint density at radius 1 is 0.636 bits per heavy atom. The van der Waals surface area contributed by atoms with Gasteiger partial charge in [0.05, 0.1) is 31.8 Å². The zero-order chi connectivity index (χ0) is 50.3. The Morgan fingerprint density at radius 3 is 1.56 bits per heavy atom. The fourth-order valence-corrected chi connectivity index (χ4v) is 6.50. The van der Waals surface area contributed by atoms with Gasteiger partial charge in [0.15, 0.2) is 0 Å². The third kappa shape index (κ3) is 21.2. The second-order valence-corrected chi connectivity index (χ2v) is 17.0. The van der Waals surface area contributed by atoms with Gasteiger partial charge < -0.3 is 75.3 Å². The van der Waals surface area contributed by atoms with E-state index in [1.807, 2.05) is 13.8 Å². The molecule has 9 atom stereocenters. The Bertz CT molecular complexity index is 1800. The van der Waals surface area contributed by atoms with Gasteiger partial charge in [0, 0.05) is 18.3 Å². The molecule has 0 saturated carbocycles. The summed E-state index contributed by atoms with van der Waals surface area (Å²) in [6, 6.07) is -11.6. The number of H-pyrrole nitrogens is 1. The molecular weight excluding hydrogens is 867 g/mol. The number of aliphatic hydroxyl groups excluding tert-OH is 1. The van der Waals surface area contributed by atoms with Crippen LogP contribution in [0.25, 0.3) is 0 Å². The Labute approximate surface area is 383 Å². The fourth-order valence-electron chi connectivity index (χ4n) is 6.50. The van der Waals surface area contributed by atoms with Crippen molar-refractivity contribution >= 4 is 59.1 Å². The van der Waals surface area contributed by atoms with Gasteiger partial charge in [-0.15, -0.1) is 0 Å². The molecule has 0 radical (unpaired) electrons. The molecule has 0 aromatic carbocycles. The number of carbonyl (C=O) groups is 10. The number of carboxylic acid groups (broad SMARTS) is 1. The number of hydrogen-bond acceptors (Lipinski definition) is 14. The highest BCUT2D eigenvalue weighted by molar-refractivity contribution is 5.99. The number of carboxylic acids is 1. The van der Waals surface area contributed by atoms with E-state index in [2.05, 4.69) is 47.2 Å². The molecule has 1 rings (SSSR count). The summed E-state index contributed by atoms with van der Waals surface area (Å²) in [5, 5.41) is 36.6. The maximum atomic E-state index is 14.1. The number of hydrogen-bond donors (Lipinski definition) is 14. The van der Waals surface area contributed by atoms with E-state index in [0.717, 1.165) is 0 Å². The van der Waals surface area contributed by atoms with Crippen LogP contribution in [0.1, 0.15) is 98.6 Å². The van der Waals surface area contributed by atoms with Crippen LogP contribution >= 0.6 is 0 Å². The summed E-state index contributed by atoms with van der Waals surface area (Å²) in [4.78, 5) is 137. The first-order chi connectivity index (χ1) is 30.9. The van der Waals surface area contributed by atoms with Gasteiger partial charge in [-0.2, -0.15) is 0 Å². The first kappa shape index (κ1) is 57.8. The van der Waals surface area contributed by atoms with Crippen molar-refractivity contribution in [3.05, 3.63) is 18.2 Å². The molecule has 0 fully saturated rings. The molecule has 372 valence electrons. The summed E-state index contributed by atoms with van der Waals surface area (Å²) in [7, 11) is 0. The standard InChI is InChI=1S/C41H71N13O12/c1-7-22(6)33(41(65)66)54-39(63)29(16-32(45)57)52-40(64)30(18-55)53-36(60)26(13-21(4)5)49-37(61)27(14-23-17-46-19-47-23)50-38(62)28(15-31(44)56)51-35(59)25(10-8-9-11-42)48-34(58)24(43)12-20(2)3/h17,19-22,24-30,33,55H,7-16,18,42-43H2,1-6H3,(H2,44,56)(H2,45,57)(H,46,47)(H,48,58)(H,49,61)(H,50,62)(H,51,59)(H,52,64)(H,53,60)(H,54,63)(H,65,66)/t22-,24-,25-,26-,27-,28-,29-,30-,33-/m0/s1. The van der Waals surface area contributed by atoms with E-state index in [0.29, 0.717) is 37.9 Å². The number of unbranched alkanes of at least 4 members (excludes halogenated alkanes) is 1. The number of imidazole rings is 1. The van der Waals surface area contributed by atoms with Crippen LogP contribution in [0, 0.1) is 17.8 Å². The van der Waals surface area contributed by atoms with Crippen LogP contribution in [-0.4, -0.2) is 141 Å². The quantitative estimate of drug-likeness (QED) is 0.0305. The topological polar surface area (TPSA) is 428 Å². The molecule has 18 N–H and O–H groups in total. The minimum absolute atomic E-state index is 0.0561. The second-order valence-electron chi connectivity index (χ2n) is 17.0. The number of aromatic amines is 1. The lowest BCUT2D eigenvalue weighted by Gasteiger charge is -2.28. The Kier molecular flexibility index (Phi) is 25.7. The largest absolute Gasteiger partial charge is 0.480 e. The minimum Gasteiger partial charge on any atom is -0.480 e. The molecule has 0 aliphatic rings. The van der Waals surface area contributed by atoms with Crippen molar-refractivity contribution in [1.29, 1.82) is 0 Å². The number of nitrogens with two attached hydrogens (primary N) is 4. The van der Waals surface area contributed by atoms with E-state index in [9.17, 15) is 58.2 Å². The minimum atomic E-state index is -1.77. The van der Waals surface area contributed by atoms with E-state index < -0.39 is 133 Å². The van der Waals surface area contributed by atoms with Gasteiger partial charge in [-0.25, -0.2) is 9.78 Å². The van der Waals surface area contributed by atoms with Crippen molar-refractivity contribution in [2.75, 3.05) is 13.2 Å². The molecule has 0 unspecified atom stereocenters. The average molecular weight is 938 g/mol. The number of aromatic nitrogens is 2. The molecule has 0 bridgehead atoms. The van der Waals surface area contributed by atoms with Crippen LogP contribution in [-0.2, 0) is 54.4 Å². The average Bonchev–Trinajstić information content (AvgIpc) is 3.75. The molecule has 0 aliphatic heterocycles. The number of aliphatic carboxylic acids is 1. The van der Waals surface area contributed by atoms with Crippen molar-refractivity contribution in [3.63, 3.8) is 0 Å². The summed E-state index contributed by atoms with van der Waals surface area (Å²) < 4.78 is 0. The summed E-state index contributed by atoms with van der Waals surface area (Å²) in [5.41, 5.74) is 22.8. The molecule has 25 nitrogen and oxygen atoms in total. The Morgan fingerprint density at radius 2 is 1.09 bits per heavy atom. The summed E-state index contributed by atoms with van der Waals surface area (Å²) in [6.07, 6.45) is 2.53. The van der Waals surface area contributed by atoms with Gasteiger partial charge in [0.1, 0.15) is 42.3 Å². The van der Waals surface area contributed by atoms with Crippen LogP contribution in [0.2, 0.25) is 0 Å². The first-order valence-corrected chi connectivity index (χ1v) is 21.9. The van der Waals surface area contributed by atoms with E-state index in [-0.39, 0.29) is 31.1 Å². The highest BCUT2D eigenvalue weighted by Crippen LogP contribution is 2.12. The Balaban J connectivity index is 3.41. The van der Waals surface area contributed by atoms with Gasteiger partial charge in [0.25, 0.3) is 0 Å². The van der Waals surface area contributed by atoms with Gasteiger partial charge in [-0.1, -0.05) is 48.0 Å². The van der Waals surface area contributed by atoms with Crippen LogP contribution in [0.4, 0.5) is 0 Å². The molecule has 1 aromatic heterocycles. The van der Waals surface area contributed by atoms with Crippen LogP contribution in [0.5, 0.6) is 0 Å². The molecule has 1 aromatic rings. The lowest BCUT2D eigenvalue weighted by atomic mass is 9.98. The maximum Gasteiger partial charge on any atom is 0.326 e. The number of nitrogens with one attached hydrogen (secondary N) is 8. The van der Waals surface area contributed by atoms with Crippen molar-refractivity contribution in [2.24, 2.45) is 40.7 Å². The molecule has 0 aliphatic carbocycles. The van der Waals surface area contributed by atoms with Crippen molar-refractivity contribution in [2.45, 2.75) is 148 Å². The summed E-state index contributed by atoms with van der Waals surface area (Å²) in [5.74, 6) is -10.8. The van der Waals surface area contributed by atoms with Crippen molar-refractivity contribution in [1.82, 2.24) is 47.2 Å². The molecular formula is C41H71N13O12. The monoisotopic (exact) mass is 938 g/mol. The number of amides is 9. The highest BCUT2D eigenvalue weighted by atomic mass is 16.4. The van der Waals surface area contributed by atoms with Gasteiger partial charge >= 0.3 is 5.97 Å². The van der Waals surface area contributed by atoms with Crippen LogP contribution in [0.15, 0.2) is 12.5 Å². The van der Waals surface area contributed by atoms with Gasteiger partial charge in [-0.3, -0.25) is 43.2 Å². The molecule has 1 heterocycles. The Hall–Kier alpha value is -6.21. The predicted molar refractivity (Wildman–Crippen MR) is 237 cm³/mol. The maximum absolute atomic E-state index is 14.1. The third-order valence-corrected chi connectivity index (χ3v) is 10.3. The number of aliphatic hydroxyl groups is 1. The van der Waals surface area contributed by atoms with E-state index in [1.54, 1.807) is 27.7 Å². The third-order valence-electron chi connectivity index (χ3n) is 10.3. The van der Waals surface area contributed by atoms with E-state index in [4.69, 9.17) is 22.9 Å². The number of rotatable bonds is 32. The zero-order valence-electron chi connectivity index (χ0n) is 38.5. The molecule has 0 saturated heterocycles. The fraction of sp³-hybridized carbons (Fsp3) is 0.683. The number of nitrogens with zero attached hydrogens (tertiary/aromatic N) is 1. The van der Waals surface area contributed by atoms with Crippen molar-refractivity contribution < 1.29 is 58.2 Å². The SMILES string of the molecule is CC[C@H](C)[C@H](NC(=O)[C@H](CC(N)=O)NC(=O)[C@H](CO)NC(=O)[C@H](CC(C)C)NC(=O)[C@H](Cc1cnc[nH]1)NC(=O)[C@H](CC(N)=O)NC(=O)[C@H](CCCCN)NC(=O)[C@@H](N)CC(C)C)C(=O)O. The van der Waals surface area contributed by atoms with E-state index in [1.165, 1.54) is 12.5 Å². The lowest BCUT2D eigenvalue weighted by molar-refractivity contribution is -0.144. The molecule has 66 heavy (non-hydrogen) atoms. The summed E-state index contributed by atoms with van der Waals surface area (Å²) >= 11 is 0. The summed E-state index contributed by atoms with van der Waals surface area (Å²) in [6.45, 7) is 9.68. The molecule has 9 amide bonds. The zero-order valence-corrected chi connectivity index (χ0v) is 38.5.